The molecule has 5 nitrogen and oxygen atoms in total. The summed E-state index contributed by atoms with van der Waals surface area (Å²) in [5, 5.41) is 0.627. The molecule has 1 aliphatic heterocycles. The first-order valence-corrected chi connectivity index (χ1v) is 8.49. The van der Waals surface area contributed by atoms with Crippen molar-refractivity contribution in [2.45, 2.75) is 44.9 Å². The molecule has 0 spiro atoms. The van der Waals surface area contributed by atoms with Gasteiger partial charge in [0.2, 0.25) is 5.91 Å². The van der Waals surface area contributed by atoms with Crippen LogP contribution < -0.4 is 5.43 Å². The van der Waals surface area contributed by atoms with E-state index in [0.29, 0.717) is 23.8 Å². The third-order valence-corrected chi connectivity index (χ3v) is 5.04. The van der Waals surface area contributed by atoms with Crippen molar-refractivity contribution in [1.29, 1.82) is 0 Å². The van der Waals surface area contributed by atoms with Gasteiger partial charge in [-0.3, -0.25) is 9.59 Å². The summed E-state index contributed by atoms with van der Waals surface area (Å²) in [4.78, 5) is 30.5. The van der Waals surface area contributed by atoms with Crippen LogP contribution in [0.25, 0.3) is 10.9 Å². The molecule has 5 heteroatoms. The molecule has 1 N–H and O–H groups in total. The molecular weight excluding hydrogens is 316 g/mol. The molecule has 0 aliphatic carbocycles. The minimum atomic E-state index is -0.427. The van der Waals surface area contributed by atoms with Crippen molar-refractivity contribution in [3.63, 3.8) is 0 Å². The van der Waals surface area contributed by atoms with E-state index in [0.717, 1.165) is 11.2 Å². The number of hydrogen-bond acceptors (Lipinski definition) is 3. The Morgan fingerprint density at radius 3 is 2.76 bits per heavy atom. The van der Waals surface area contributed by atoms with Crippen LogP contribution in [0.15, 0.2) is 41.7 Å². The molecule has 25 heavy (non-hydrogen) atoms. The normalized spacial score (nSPS) is 18.1. The molecule has 0 saturated carbocycles. The van der Waals surface area contributed by atoms with E-state index in [1.807, 2.05) is 44.2 Å². The van der Waals surface area contributed by atoms with Crippen LogP contribution in [0.5, 0.6) is 0 Å². The SMILES string of the molecule is C=CC(C)(C)c1[nH]c2ccccc2c(=O)c1CN1C(=O)CCC1OC. The quantitative estimate of drug-likeness (QED) is 0.851. The first kappa shape index (κ1) is 17.4. The van der Waals surface area contributed by atoms with Crippen LogP contribution in [0.4, 0.5) is 0 Å². The average molecular weight is 340 g/mol. The number of likely N-dealkylation sites (tertiary alicyclic amines) is 1. The lowest BCUT2D eigenvalue weighted by Crippen LogP contribution is -2.37. The lowest BCUT2D eigenvalue weighted by Gasteiger charge is -2.28. The van der Waals surface area contributed by atoms with Crippen LogP contribution in [0.3, 0.4) is 0 Å². The number of pyridine rings is 1. The Labute approximate surface area is 147 Å². The number of allylic oxidation sites excluding steroid dienone is 1. The summed E-state index contributed by atoms with van der Waals surface area (Å²) in [6.45, 7) is 8.16. The van der Waals surface area contributed by atoms with Crippen molar-refractivity contribution in [3.05, 3.63) is 58.4 Å². The predicted octanol–water partition coefficient (Wildman–Crippen LogP) is 3.09. The Morgan fingerprint density at radius 1 is 1.36 bits per heavy atom. The highest BCUT2D eigenvalue weighted by Crippen LogP contribution is 2.29. The van der Waals surface area contributed by atoms with Gasteiger partial charge in [0.25, 0.3) is 0 Å². The second-order valence-electron chi connectivity index (χ2n) is 7.03. The van der Waals surface area contributed by atoms with Crippen LogP contribution >= 0.6 is 0 Å². The van der Waals surface area contributed by atoms with Gasteiger partial charge in [-0.1, -0.05) is 32.1 Å². The third kappa shape index (κ3) is 3.00. The third-order valence-electron chi connectivity index (χ3n) is 5.04. The maximum atomic E-state index is 13.2. The second-order valence-corrected chi connectivity index (χ2v) is 7.03. The Morgan fingerprint density at radius 2 is 2.08 bits per heavy atom. The lowest BCUT2D eigenvalue weighted by atomic mass is 9.85. The number of aromatic nitrogens is 1. The van der Waals surface area contributed by atoms with Crippen molar-refractivity contribution in [2.24, 2.45) is 0 Å². The van der Waals surface area contributed by atoms with Gasteiger partial charge in [0.15, 0.2) is 5.43 Å². The van der Waals surface area contributed by atoms with Gasteiger partial charge >= 0.3 is 0 Å². The van der Waals surface area contributed by atoms with E-state index in [1.165, 1.54) is 0 Å². The fourth-order valence-electron chi connectivity index (χ4n) is 3.39. The highest BCUT2D eigenvalue weighted by molar-refractivity contribution is 5.81. The van der Waals surface area contributed by atoms with Crippen LogP contribution in [0.2, 0.25) is 0 Å². The van der Waals surface area contributed by atoms with Gasteiger partial charge < -0.3 is 14.6 Å². The number of hydrogen-bond donors (Lipinski definition) is 1. The Hall–Kier alpha value is -2.40. The topological polar surface area (TPSA) is 62.4 Å². The van der Waals surface area contributed by atoms with E-state index in [-0.39, 0.29) is 24.1 Å². The number of rotatable bonds is 5. The van der Waals surface area contributed by atoms with Crippen molar-refractivity contribution >= 4 is 16.8 Å². The van der Waals surface area contributed by atoms with Crippen LogP contribution in [0.1, 0.15) is 37.9 Å². The van der Waals surface area contributed by atoms with Crippen molar-refractivity contribution in [3.8, 4) is 0 Å². The number of fused-ring (bicyclic) bond motifs is 1. The number of nitrogens with one attached hydrogen (secondary N) is 1. The monoisotopic (exact) mass is 340 g/mol. The summed E-state index contributed by atoms with van der Waals surface area (Å²) in [5.41, 5.74) is 1.71. The van der Waals surface area contributed by atoms with Crippen LogP contribution in [0, 0.1) is 0 Å². The van der Waals surface area contributed by atoms with Crippen LogP contribution in [-0.2, 0) is 21.5 Å². The number of carbonyl (C=O) groups is 1. The molecule has 132 valence electrons. The highest BCUT2D eigenvalue weighted by atomic mass is 16.5. The number of nitrogens with zero attached hydrogens (tertiary/aromatic N) is 1. The summed E-state index contributed by atoms with van der Waals surface area (Å²) in [5.74, 6) is 0.0155. The molecule has 2 heterocycles. The fourth-order valence-corrected chi connectivity index (χ4v) is 3.39. The highest BCUT2D eigenvalue weighted by Gasteiger charge is 2.33. The predicted molar refractivity (Wildman–Crippen MR) is 98.4 cm³/mol. The zero-order valence-corrected chi connectivity index (χ0v) is 15.0. The summed E-state index contributed by atoms with van der Waals surface area (Å²) >= 11 is 0. The molecule has 0 radical (unpaired) electrons. The van der Waals surface area contributed by atoms with Crippen molar-refractivity contribution < 1.29 is 9.53 Å². The van der Waals surface area contributed by atoms with E-state index in [2.05, 4.69) is 11.6 Å². The molecule has 3 rings (SSSR count). The van der Waals surface area contributed by atoms with E-state index in [1.54, 1.807) is 12.0 Å². The van der Waals surface area contributed by atoms with Crippen molar-refractivity contribution in [2.75, 3.05) is 7.11 Å². The Kier molecular flexibility index (Phi) is 4.52. The largest absolute Gasteiger partial charge is 0.362 e. The zero-order valence-electron chi connectivity index (χ0n) is 15.0. The summed E-state index contributed by atoms with van der Waals surface area (Å²) in [7, 11) is 1.59. The molecule has 1 amide bonds. The molecule has 1 atom stereocenters. The maximum Gasteiger partial charge on any atom is 0.225 e. The molecular formula is C20H24N2O3. The first-order chi connectivity index (χ1) is 11.9. The second kappa shape index (κ2) is 6.48. The van der Waals surface area contributed by atoms with Gasteiger partial charge in [0, 0.05) is 47.5 Å². The fraction of sp³-hybridized carbons (Fsp3) is 0.400. The van der Waals surface area contributed by atoms with Gasteiger partial charge in [0.1, 0.15) is 6.23 Å². The number of H-pyrrole nitrogens is 1. The number of para-hydroxylation sites is 1. The number of ether oxygens (including phenoxy) is 1. The first-order valence-electron chi connectivity index (χ1n) is 8.49. The van der Waals surface area contributed by atoms with E-state index >= 15 is 0 Å². The number of amides is 1. The van der Waals surface area contributed by atoms with Gasteiger partial charge in [-0.05, 0) is 12.1 Å². The smallest absolute Gasteiger partial charge is 0.225 e. The molecule has 0 bridgehead atoms. The van der Waals surface area contributed by atoms with Gasteiger partial charge in [-0.25, -0.2) is 0 Å². The van der Waals surface area contributed by atoms with Gasteiger partial charge in [-0.2, -0.15) is 0 Å². The van der Waals surface area contributed by atoms with Gasteiger partial charge in [-0.15, -0.1) is 6.58 Å². The Balaban J connectivity index is 2.20. The molecule has 2 aromatic rings. The standard InChI is InChI=1S/C20H24N2O3/c1-5-20(2,3)19-14(12-22-16(23)10-11-17(22)25-4)18(24)13-8-6-7-9-15(13)21-19/h5-9,17H,1,10-12H2,2-4H3,(H,21,24). The van der Waals surface area contributed by atoms with Crippen molar-refractivity contribution in [1.82, 2.24) is 9.88 Å². The number of benzene rings is 1. The van der Waals surface area contributed by atoms with E-state index in [4.69, 9.17) is 4.74 Å². The number of carbonyl (C=O) groups excluding carboxylic acids is 1. The van der Waals surface area contributed by atoms with Crippen LogP contribution in [-0.4, -0.2) is 29.1 Å². The molecule has 1 aromatic heterocycles. The van der Waals surface area contributed by atoms with E-state index < -0.39 is 5.41 Å². The molecule has 1 aromatic carbocycles. The molecule has 1 aliphatic rings. The molecule has 1 unspecified atom stereocenters. The Bertz CT molecular complexity index is 882. The van der Waals surface area contributed by atoms with E-state index in [9.17, 15) is 9.59 Å². The maximum absolute atomic E-state index is 13.2. The van der Waals surface area contributed by atoms with Gasteiger partial charge in [0.05, 0.1) is 6.54 Å². The summed E-state index contributed by atoms with van der Waals surface area (Å²) in [6, 6.07) is 7.44. The summed E-state index contributed by atoms with van der Waals surface area (Å²) in [6.07, 6.45) is 2.64. The average Bonchev–Trinajstić information content (AvgIpc) is 2.97. The minimum absolute atomic E-state index is 0.0155. The summed E-state index contributed by atoms with van der Waals surface area (Å²) < 4.78 is 5.42. The molecule has 1 fully saturated rings. The minimum Gasteiger partial charge on any atom is -0.362 e. The molecule has 1 saturated heterocycles. The number of methoxy groups -OCH3 is 1. The zero-order chi connectivity index (χ0) is 18.2. The number of aromatic amines is 1. The lowest BCUT2D eigenvalue weighted by molar-refractivity contribution is -0.135.